The third kappa shape index (κ3) is 6.03. The number of hydrogen-bond acceptors (Lipinski definition) is 5. The van der Waals surface area contributed by atoms with Gasteiger partial charge < -0.3 is 10.2 Å². The number of halogens is 1. The van der Waals surface area contributed by atoms with Gasteiger partial charge in [0.05, 0.1) is 5.69 Å². The van der Waals surface area contributed by atoms with Crippen molar-refractivity contribution < 1.29 is 9.18 Å². The Morgan fingerprint density at radius 2 is 1.69 bits per heavy atom. The first kappa shape index (κ1) is 23.4. The van der Waals surface area contributed by atoms with Crippen LogP contribution >= 0.6 is 0 Å². The standard InChI is InChI=1S/C28H32FN5O/c29-24-8-4-7-23(17-24)26-18-27(31-20-30-26)34-15-9-22(10-16-34)28(35)32-25-11-13-33(14-12-25)19-21-5-2-1-3-6-21/h1-8,17-18,20,22,25H,9-16,19H2,(H,32,35). The number of anilines is 1. The number of carbonyl (C=O) groups is 1. The quantitative estimate of drug-likeness (QED) is 0.579. The van der Waals surface area contributed by atoms with Crippen molar-refractivity contribution in [1.29, 1.82) is 0 Å². The van der Waals surface area contributed by atoms with Crippen LogP contribution in [-0.2, 0) is 11.3 Å². The zero-order chi connectivity index (χ0) is 24.0. The number of rotatable bonds is 6. The monoisotopic (exact) mass is 473 g/mol. The van der Waals surface area contributed by atoms with Gasteiger partial charge in [0.2, 0.25) is 5.91 Å². The minimum absolute atomic E-state index is 0.0399. The predicted octanol–water partition coefficient (Wildman–Crippen LogP) is 4.28. The lowest BCUT2D eigenvalue weighted by molar-refractivity contribution is -0.126. The van der Waals surface area contributed by atoms with E-state index >= 15 is 0 Å². The number of aromatic nitrogens is 2. The number of nitrogens with one attached hydrogen (secondary N) is 1. The van der Waals surface area contributed by atoms with Crippen LogP contribution in [0, 0.1) is 11.7 Å². The summed E-state index contributed by atoms with van der Waals surface area (Å²) in [6.07, 6.45) is 5.14. The molecule has 1 amide bonds. The number of likely N-dealkylation sites (tertiary alicyclic amines) is 1. The number of nitrogens with zero attached hydrogens (tertiary/aromatic N) is 4. The predicted molar refractivity (Wildman–Crippen MR) is 135 cm³/mol. The summed E-state index contributed by atoms with van der Waals surface area (Å²) < 4.78 is 13.6. The van der Waals surface area contributed by atoms with Crippen LogP contribution in [0.5, 0.6) is 0 Å². The fourth-order valence-corrected chi connectivity index (χ4v) is 5.09. The van der Waals surface area contributed by atoms with Crippen LogP contribution < -0.4 is 10.2 Å². The van der Waals surface area contributed by atoms with Gasteiger partial charge >= 0.3 is 0 Å². The molecule has 0 unspecified atom stereocenters. The second kappa shape index (κ2) is 11.0. The first-order valence-electron chi connectivity index (χ1n) is 12.5. The smallest absolute Gasteiger partial charge is 0.223 e. The van der Waals surface area contributed by atoms with Gasteiger partial charge in [-0.15, -0.1) is 0 Å². The number of hydrogen-bond donors (Lipinski definition) is 1. The number of benzene rings is 2. The highest BCUT2D eigenvalue weighted by molar-refractivity contribution is 5.79. The lowest BCUT2D eigenvalue weighted by Crippen LogP contribution is -2.48. The molecule has 1 N–H and O–H groups in total. The van der Waals surface area contributed by atoms with Crippen molar-refractivity contribution in [3.05, 3.63) is 78.4 Å². The van der Waals surface area contributed by atoms with E-state index < -0.39 is 0 Å². The van der Waals surface area contributed by atoms with Crippen LogP contribution in [0.15, 0.2) is 67.0 Å². The van der Waals surface area contributed by atoms with E-state index in [-0.39, 0.29) is 23.7 Å². The van der Waals surface area contributed by atoms with E-state index in [0.717, 1.165) is 69.8 Å². The maximum atomic E-state index is 13.6. The van der Waals surface area contributed by atoms with Crippen LogP contribution in [-0.4, -0.2) is 53.0 Å². The van der Waals surface area contributed by atoms with Crippen LogP contribution in [0.2, 0.25) is 0 Å². The van der Waals surface area contributed by atoms with E-state index in [2.05, 4.69) is 49.4 Å². The molecule has 2 fully saturated rings. The van der Waals surface area contributed by atoms with Gasteiger partial charge in [0.1, 0.15) is 18.0 Å². The van der Waals surface area contributed by atoms with Gasteiger partial charge in [0, 0.05) is 56.3 Å². The zero-order valence-corrected chi connectivity index (χ0v) is 19.9. The molecular weight excluding hydrogens is 441 g/mol. The van der Waals surface area contributed by atoms with Gasteiger partial charge in [-0.2, -0.15) is 0 Å². The molecule has 2 saturated heterocycles. The first-order valence-corrected chi connectivity index (χ1v) is 12.5. The van der Waals surface area contributed by atoms with Crippen molar-refractivity contribution >= 4 is 11.7 Å². The Labute approximate surface area is 206 Å². The van der Waals surface area contributed by atoms with E-state index in [4.69, 9.17) is 0 Å². The fourth-order valence-electron chi connectivity index (χ4n) is 5.09. The average Bonchev–Trinajstić information content (AvgIpc) is 2.90. The summed E-state index contributed by atoms with van der Waals surface area (Å²) in [6, 6.07) is 19.2. The summed E-state index contributed by atoms with van der Waals surface area (Å²) >= 11 is 0. The Morgan fingerprint density at radius 3 is 2.43 bits per heavy atom. The molecule has 0 spiro atoms. The van der Waals surface area contributed by atoms with E-state index in [1.165, 1.54) is 24.0 Å². The molecule has 3 aromatic rings. The molecule has 6 nitrogen and oxygen atoms in total. The summed E-state index contributed by atoms with van der Waals surface area (Å²) in [4.78, 5) is 26.3. The molecule has 2 aliphatic heterocycles. The third-order valence-electron chi connectivity index (χ3n) is 7.15. The molecule has 7 heteroatoms. The van der Waals surface area contributed by atoms with Crippen molar-refractivity contribution in [2.24, 2.45) is 5.92 Å². The number of piperidine rings is 2. The molecule has 0 radical (unpaired) electrons. The van der Waals surface area contributed by atoms with E-state index in [0.29, 0.717) is 5.69 Å². The topological polar surface area (TPSA) is 61.4 Å². The van der Waals surface area contributed by atoms with Gasteiger partial charge in [-0.1, -0.05) is 42.5 Å². The van der Waals surface area contributed by atoms with Gasteiger partial charge in [-0.3, -0.25) is 9.69 Å². The third-order valence-corrected chi connectivity index (χ3v) is 7.15. The maximum absolute atomic E-state index is 13.6. The van der Waals surface area contributed by atoms with Crippen molar-refractivity contribution in [3.8, 4) is 11.3 Å². The summed E-state index contributed by atoms with van der Waals surface area (Å²) in [7, 11) is 0. The average molecular weight is 474 g/mol. The second-order valence-corrected chi connectivity index (χ2v) is 9.58. The van der Waals surface area contributed by atoms with Crippen molar-refractivity contribution in [2.45, 2.75) is 38.3 Å². The zero-order valence-electron chi connectivity index (χ0n) is 19.9. The SMILES string of the molecule is O=C(NC1CCN(Cc2ccccc2)CC1)C1CCN(c2cc(-c3cccc(F)c3)ncn2)CC1. The number of carbonyl (C=O) groups excluding carboxylic acids is 1. The Kier molecular flexibility index (Phi) is 7.33. The van der Waals surface area contributed by atoms with Crippen LogP contribution in [0.3, 0.4) is 0 Å². The Bertz CT molecular complexity index is 1120. The van der Waals surface area contributed by atoms with E-state index in [1.807, 2.05) is 18.2 Å². The summed E-state index contributed by atoms with van der Waals surface area (Å²) in [5.41, 5.74) is 2.78. The van der Waals surface area contributed by atoms with E-state index in [1.54, 1.807) is 6.07 Å². The molecule has 2 aromatic carbocycles. The first-order chi connectivity index (χ1) is 17.1. The largest absolute Gasteiger partial charge is 0.356 e. The van der Waals surface area contributed by atoms with Crippen LogP contribution in [0.25, 0.3) is 11.3 Å². The van der Waals surface area contributed by atoms with Crippen molar-refractivity contribution in [2.75, 3.05) is 31.1 Å². The number of amides is 1. The highest BCUT2D eigenvalue weighted by Gasteiger charge is 2.28. The lowest BCUT2D eigenvalue weighted by atomic mass is 9.94. The van der Waals surface area contributed by atoms with Gasteiger partial charge in [0.25, 0.3) is 0 Å². The molecule has 2 aliphatic rings. The summed E-state index contributed by atoms with van der Waals surface area (Å²) in [5, 5.41) is 3.32. The summed E-state index contributed by atoms with van der Waals surface area (Å²) in [6.45, 7) is 4.55. The molecule has 182 valence electrons. The van der Waals surface area contributed by atoms with Crippen molar-refractivity contribution in [1.82, 2.24) is 20.2 Å². The maximum Gasteiger partial charge on any atom is 0.223 e. The molecule has 3 heterocycles. The minimum Gasteiger partial charge on any atom is -0.356 e. The lowest BCUT2D eigenvalue weighted by Gasteiger charge is -2.35. The van der Waals surface area contributed by atoms with Gasteiger partial charge in [-0.05, 0) is 43.4 Å². The molecule has 35 heavy (non-hydrogen) atoms. The Morgan fingerprint density at radius 1 is 0.914 bits per heavy atom. The van der Waals surface area contributed by atoms with Crippen molar-refractivity contribution in [3.63, 3.8) is 0 Å². The van der Waals surface area contributed by atoms with Crippen LogP contribution in [0.4, 0.5) is 10.2 Å². The second-order valence-electron chi connectivity index (χ2n) is 9.58. The van der Waals surface area contributed by atoms with Crippen LogP contribution in [0.1, 0.15) is 31.2 Å². The molecular formula is C28H32FN5O. The molecule has 0 atom stereocenters. The molecule has 1 aromatic heterocycles. The highest BCUT2D eigenvalue weighted by atomic mass is 19.1. The Hall–Kier alpha value is -3.32. The molecule has 0 bridgehead atoms. The normalized spacial score (nSPS) is 17.9. The minimum atomic E-state index is -0.281. The van der Waals surface area contributed by atoms with Gasteiger partial charge in [0.15, 0.2) is 0 Å². The molecule has 0 saturated carbocycles. The Balaban J connectivity index is 1.09. The molecule has 5 rings (SSSR count). The molecule has 0 aliphatic carbocycles. The fraction of sp³-hybridized carbons (Fsp3) is 0.393. The van der Waals surface area contributed by atoms with E-state index in [9.17, 15) is 9.18 Å². The summed E-state index contributed by atoms with van der Waals surface area (Å²) in [5.74, 6) is 0.771. The van der Waals surface area contributed by atoms with Gasteiger partial charge in [-0.25, -0.2) is 14.4 Å². The highest BCUT2D eigenvalue weighted by Crippen LogP contribution is 2.26.